The molecule has 1 amide bonds. The van der Waals surface area contributed by atoms with Gasteiger partial charge in [-0.1, -0.05) is 13.8 Å². The van der Waals surface area contributed by atoms with Gasteiger partial charge >= 0.3 is 6.18 Å². The summed E-state index contributed by atoms with van der Waals surface area (Å²) in [6, 6.07) is 2.30. The summed E-state index contributed by atoms with van der Waals surface area (Å²) in [6.45, 7) is 6.48. The second kappa shape index (κ2) is 8.65. The van der Waals surface area contributed by atoms with Gasteiger partial charge in [0, 0.05) is 18.9 Å². The minimum Gasteiger partial charge on any atom is -0.355 e. The van der Waals surface area contributed by atoms with Crippen molar-refractivity contribution in [1.29, 1.82) is 0 Å². The monoisotopic (exact) mass is 428 g/mol. The van der Waals surface area contributed by atoms with Crippen molar-refractivity contribution < 1.29 is 27.2 Å². The first-order valence-corrected chi connectivity index (χ1v) is 10.4. The van der Waals surface area contributed by atoms with E-state index >= 15 is 0 Å². The van der Waals surface area contributed by atoms with Crippen LogP contribution < -0.4 is 5.32 Å². The lowest BCUT2D eigenvalue weighted by Gasteiger charge is -2.32. The number of hydrogen-bond donors (Lipinski definition) is 1. The first-order valence-electron chi connectivity index (χ1n) is 10.4. The normalized spacial score (nSPS) is 21.1. The van der Waals surface area contributed by atoms with Crippen LogP contribution in [0, 0.1) is 23.1 Å². The lowest BCUT2D eigenvalue weighted by Crippen LogP contribution is -2.43. The maximum Gasteiger partial charge on any atom is 0.416 e. The molecule has 3 rings (SSSR count). The number of carbonyl (C=O) groups excluding carboxylic acids is 2. The maximum atomic E-state index is 13.6. The van der Waals surface area contributed by atoms with E-state index < -0.39 is 17.6 Å². The second-order valence-corrected chi connectivity index (χ2v) is 9.08. The fourth-order valence-corrected chi connectivity index (χ4v) is 4.33. The Labute approximate surface area is 174 Å². The van der Waals surface area contributed by atoms with Crippen molar-refractivity contribution in [2.75, 3.05) is 26.2 Å². The molecule has 1 saturated carbocycles. The van der Waals surface area contributed by atoms with Crippen LogP contribution in [0.3, 0.4) is 0 Å². The highest BCUT2D eigenvalue weighted by Gasteiger charge is 2.57. The van der Waals surface area contributed by atoms with Crippen molar-refractivity contribution in [3.05, 3.63) is 35.1 Å². The molecule has 4 nitrogen and oxygen atoms in total. The predicted octanol–water partition coefficient (Wildman–Crippen LogP) is 3.83. The quantitative estimate of drug-likeness (QED) is 0.672. The van der Waals surface area contributed by atoms with E-state index in [0.29, 0.717) is 25.1 Å². The van der Waals surface area contributed by atoms with Gasteiger partial charge in [0.25, 0.3) is 0 Å². The molecule has 1 spiro atoms. The number of alkyl halides is 3. The van der Waals surface area contributed by atoms with E-state index in [4.69, 9.17) is 0 Å². The molecule has 1 aromatic carbocycles. The van der Waals surface area contributed by atoms with Gasteiger partial charge in [0.05, 0.1) is 12.1 Å². The second-order valence-electron chi connectivity index (χ2n) is 9.08. The smallest absolute Gasteiger partial charge is 0.355 e. The zero-order valence-electron chi connectivity index (χ0n) is 17.3. The van der Waals surface area contributed by atoms with Gasteiger partial charge in [0.15, 0.2) is 0 Å². The first kappa shape index (κ1) is 22.7. The molecule has 166 valence electrons. The molecule has 30 heavy (non-hydrogen) atoms. The Balaban J connectivity index is 1.51. The van der Waals surface area contributed by atoms with E-state index in [-0.39, 0.29) is 35.0 Å². The number of nitrogens with one attached hydrogen (secondary N) is 1. The summed E-state index contributed by atoms with van der Waals surface area (Å²) in [7, 11) is 0. The van der Waals surface area contributed by atoms with Gasteiger partial charge in [-0.2, -0.15) is 13.2 Å². The van der Waals surface area contributed by atoms with Crippen LogP contribution in [-0.4, -0.2) is 42.8 Å². The predicted molar refractivity (Wildman–Crippen MR) is 104 cm³/mol. The molecule has 1 aromatic rings. The zero-order chi connectivity index (χ0) is 22.1. The van der Waals surface area contributed by atoms with Crippen molar-refractivity contribution in [1.82, 2.24) is 10.2 Å². The average molecular weight is 428 g/mol. The van der Waals surface area contributed by atoms with Crippen molar-refractivity contribution in [3.8, 4) is 0 Å². The summed E-state index contributed by atoms with van der Waals surface area (Å²) < 4.78 is 52.2. The molecule has 0 bridgehead atoms. The molecule has 0 radical (unpaired) electrons. The minimum absolute atomic E-state index is 0.00496. The van der Waals surface area contributed by atoms with Gasteiger partial charge in [-0.3, -0.25) is 14.5 Å². The van der Waals surface area contributed by atoms with Crippen LogP contribution in [0.1, 0.15) is 44.2 Å². The Kier molecular flexibility index (Phi) is 6.55. The third kappa shape index (κ3) is 5.59. The molecule has 8 heteroatoms. The van der Waals surface area contributed by atoms with Gasteiger partial charge in [0.2, 0.25) is 5.91 Å². The topological polar surface area (TPSA) is 49.4 Å². The number of ketones is 1. The summed E-state index contributed by atoms with van der Waals surface area (Å²) in [5.41, 5.74) is -1.11. The van der Waals surface area contributed by atoms with E-state index in [1.54, 1.807) is 0 Å². The number of benzene rings is 1. The molecule has 1 unspecified atom stereocenters. The third-order valence-corrected chi connectivity index (χ3v) is 6.17. The summed E-state index contributed by atoms with van der Waals surface area (Å²) in [5.74, 6) is -0.914. The molecular formula is C22H28F4N2O2. The number of carbonyl (C=O) groups is 2. The number of amides is 1. The van der Waals surface area contributed by atoms with Crippen molar-refractivity contribution in [2.24, 2.45) is 17.3 Å². The summed E-state index contributed by atoms with van der Waals surface area (Å²) in [4.78, 5) is 26.7. The van der Waals surface area contributed by atoms with Crippen molar-refractivity contribution in [3.63, 3.8) is 0 Å². The van der Waals surface area contributed by atoms with E-state index in [9.17, 15) is 27.2 Å². The number of hydrogen-bond acceptors (Lipinski definition) is 3. The van der Waals surface area contributed by atoms with Gasteiger partial charge in [-0.25, -0.2) is 4.39 Å². The molecule has 1 saturated heterocycles. The molecule has 1 aliphatic carbocycles. The van der Waals surface area contributed by atoms with Gasteiger partial charge in [-0.15, -0.1) is 0 Å². The van der Waals surface area contributed by atoms with Crippen LogP contribution in [0.4, 0.5) is 17.6 Å². The first-order chi connectivity index (χ1) is 14.0. The average Bonchev–Trinajstić information content (AvgIpc) is 3.35. The number of halogens is 4. The van der Waals surface area contributed by atoms with E-state index in [1.807, 2.05) is 13.8 Å². The molecule has 1 aliphatic heterocycles. The highest BCUT2D eigenvalue weighted by molar-refractivity contribution is 5.86. The molecule has 2 aliphatic rings. The van der Waals surface area contributed by atoms with Crippen molar-refractivity contribution in [2.45, 2.75) is 45.7 Å². The Morgan fingerprint density at radius 2 is 1.87 bits per heavy atom. The van der Waals surface area contributed by atoms with Crippen LogP contribution in [-0.2, 0) is 22.2 Å². The fourth-order valence-electron chi connectivity index (χ4n) is 4.33. The summed E-state index contributed by atoms with van der Waals surface area (Å²) >= 11 is 0. The molecule has 1 heterocycles. The Hall–Kier alpha value is -1.96. The Morgan fingerprint density at radius 1 is 1.20 bits per heavy atom. The molecule has 1 atom stereocenters. The van der Waals surface area contributed by atoms with Crippen LogP contribution in [0.15, 0.2) is 18.2 Å². The van der Waals surface area contributed by atoms with E-state index in [0.717, 1.165) is 44.5 Å². The number of rotatable bonds is 7. The van der Waals surface area contributed by atoms with Gasteiger partial charge in [0.1, 0.15) is 11.6 Å². The zero-order valence-corrected chi connectivity index (χ0v) is 17.3. The number of nitrogens with zero attached hydrogens (tertiary/aromatic N) is 1. The lowest BCUT2D eigenvalue weighted by atomic mass is 9.88. The summed E-state index contributed by atoms with van der Waals surface area (Å²) in [5, 5.41) is 2.89. The molecule has 1 N–H and O–H groups in total. The molecule has 0 aromatic heterocycles. The maximum absolute atomic E-state index is 13.6. The largest absolute Gasteiger partial charge is 0.416 e. The number of likely N-dealkylation sites (tertiary alicyclic amines) is 1. The van der Waals surface area contributed by atoms with Crippen LogP contribution in [0.25, 0.3) is 0 Å². The van der Waals surface area contributed by atoms with E-state index in [2.05, 4.69) is 10.2 Å². The third-order valence-electron chi connectivity index (χ3n) is 6.17. The van der Waals surface area contributed by atoms with Gasteiger partial charge in [-0.05, 0) is 67.4 Å². The van der Waals surface area contributed by atoms with Crippen LogP contribution >= 0.6 is 0 Å². The Bertz CT molecular complexity index is 799. The van der Waals surface area contributed by atoms with Gasteiger partial charge < -0.3 is 5.32 Å². The standard InChI is InChI=1S/C22H28F4N2O2/c1-14(2)12-27-20(30)13-28-5-3-21(4-6-28)11-18(21)19(29)9-15-7-16(22(24,25)26)10-17(23)8-15/h7-8,10,14,18H,3-6,9,11-13H2,1-2H3,(H,27,30). The highest BCUT2D eigenvalue weighted by Crippen LogP contribution is 2.60. The SMILES string of the molecule is CC(C)CNC(=O)CN1CCC2(CC1)CC2C(=O)Cc1cc(F)cc(C(F)(F)F)c1. The minimum atomic E-state index is -4.64. The number of piperidine rings is 1. The Morgan fingerprint density at radius 3 is 2.47 bits per heavy atom. The lowest BCUT2D eigenvalue weighted by molar-refractivity contribution is -0.138. The van der Waals surface area contributed by atoms with Crippen LogP contribution in [0.5, 0.6) is 0 Å². The summed E-state index contributed by atoms with van der Waals surface area (Å²) in [6.07, 6.45) is -2.53. The molecular weight excluding hydrogens is 400 g/mol. The van der Waals surface area contributed by atoms with E-state index in [1.165, 1.54) is 0 Å². The van der Waals surface area contributed by atoms with Crippen molar-refractivity contribution >= 4 is 11.7 Å². The fraction of sp³-hybridized carbons (Fsp3) is 0.636. The van der Waals surface area contributed by atoms with Crippen LogP contribution in [0.2, 0.25) is 0 Å². The molecule has 2 fully saturated rings. The highest BCUT2D eigenvalue weighted by atomic mass is 19.4. The number of Topliss-reactive ketones (excluding diaryl/α,β-unsaturated/α-hetero) is 1.